The van der Waals surface area contributed by atoms with Gasteiger partial charge in [0.25, 0.3) is 0 Å². The predicted octanol–water partition coefficient (Wildman–Crippen LogP) is 17.7. The number of fused-ring (bicyclic) bond motifs is 3. The molecule has 0 atom stereocenters. The summed E-state index contributed by atoms with van der Waals surface area (Å²) in [5, 5.41) is 6.31. The minimum atomic E-state index is -4.80. The number of ether oxygens (including phenoxy) is 3. The number of nitrogens with one attached hydrogen (secondary N) is 1. The molecular weight excluding hydrogens is 1780 g/mol. The molecule has 2 saturated carbocycles. The van der Waals surface area contributed by atoms with Crippen molar-refractivity contribution < 1.29 is 70.7 Å². The molecule has 0 bridgehead atoms. The fourth-order valence-corrected chi connectivity index (χ4v) is 20.5. The van der Waals surface area contributed by atoms with Gasteiger partial charge in [0.05, 0.1) is 114 Å². The normalized spacial score (nSPS) is 17.0. The highest BCUT2D eigenvalue weighted by Gasteiger charge is 2.53. The van der Waals surface area contributed by atoms with Gasteiger partial charge in [-0.2, -0.15) is 22.0 Å². The summed E-state index contributed by atoms with van der Waals surface area (Å²) in [6.07, 6.45) is 8.01. The van der Waals surface area contributed by atoms with E-state index in [2.05, 4.69) is 99.1 Å². The number of hydrogen-bond donors (Lipinski definition) is 2. The first-order valence-corrected chi connectivity index (χ1v) is 46.4. The molecule has 24 nitrogen and oxygen atoms in total. The Kier molecular flexibility index (Phi) is 31.2. The van der Waals surface area contributed by atoms with Crippen LogP contribution < -0.4 is 30.7 Å². The number of hydrogen-bond acceptors (Lipinski definition) is 24. The monoisotopic (exact) mass is 1880 g/mol. The maximum Gasteiger partial charge on any atom is 0.500 e. The van der Waals surface area contributed by atoms with Crippen molar-refractivity contribution in [1.82, 2.24) is 54.7 Å². The van der Waals surface area contributed by atoms with Crippen molar-refractivity contribution in [3.8, 4) is 39.9 Å². The fraction of sp³-hybridized carbons (Fsp3) is 0.360. The first kappa shape index (κ1) is 96.1. The lowest BCUT2D eigenvalue weighted by Crippen LogP contribution is -2.41. The second kappa shape index (κ2) is 40.6. The van der Waals surface area contributed by atoms with Crippen LogP contribution in [0.15, 0.2) is 183 Å². The van der Waals surface area contributed by atoms with E-state index >= 15 is 0 Å². The number of benzene rings is 6. The summed E-state index contributed by atoms with van der Waals surface area (Å²) < 4.78 is 172. The molecule has 0 amide bonds. The van der Waals surface area contributed by atoms with E-state index in [1.165, 1.54) is 103 Å². The van der Waals surface area contributed by atoms with Crippen molar-refractivity contribution in [2.24, 2.45) is 5.73 Å². The molecule has 1 saturated heterocycles. The number of sulfone groups is 3. The summed E-state index contributed by atoms with van der Waals surface area (Å²) >= 11 is 15.5. The van der Waals surface area contributed by atoms with Crippen molar-refractivity contribution in [2.45, 2.75) is 173 Å². The van der Waals surface area contributed by atoms with Crippen LogP contribution in [0.5, 0.6) is 17.6 Å². The standard InChI is InChI=1S/C30H34ClN5O3S.C22H17ClFN3O3S.C20H23BF3NO5S.C9H6BrFN2.C8H18N2/c1-19-15-20(16-21-17-32-30(35-28(19)21)34-22-9-12-24(13-10-22)36(2)3)25-14-11-23(33-29(25)39-4)18-40(37,38)27-8-6-5-7-26(27)31;1-13-9-14(10-15-11-25-22(24)27-20(13)15)17-8-7-16(26-21(17)30-2)12-31(28,29)19-6-4-3-5-18(19)23;1-18(2)19(3,4)30-21(29-18)15-11-10-13(25-17(15)28-5)12-31(26,27)16-9-7-6-8-14(16)20(22,23)24;1-5-2-7(10)3-6-4-12-9(11)13-8(5)6;1-10(2)8-5-3-7(9)4-6-8/h5-8,11,14-17,22,24H,9-10,12-13,18H2,1-4H3,(H,32,34,35);3-11H,12H2,1-2H3;6-11H,12H2,1-5H3;2-4H,1H3;7-8H,3-6,9H2,1-2H3. The van der Waals surface area contributed by atoms with E-state index in [1.54, 1.807) is 54.6 Å². The number of halogens is 8. The molecule has 6 aromatic heterocycles. The van der Waals surface area contributed by atoms with E-state index in [0.717, 1.165) is 91.2 Å². The van der Waals surface area contributed by atoms with Crippen LogP contribution in [-0.4, -0.2) is 172 Å². The van der Waals surface area contributed by atoms with Gasteiger partial charge in [0, 0.05) is 80.0 Å². The van der Waals surface area contributed by atoms with E-state index in [0.29, 0.717) is 68.8 Å². The summed E-state index contributed by atoms with van der Waals surface area (Å²) in [6, 6.07) is 40.4. The number of anilines is 1. The smallest absolute Gasteiger partial charge is 0.481 e. The molecule has 15 rings (SSSR count). The van der Waals surface area contributed by atoms with Crippen molar-refractivity contribution in [3.63, 3.8) is 0 Å². The number of methoxy groups -OCH3 is 3. The molecular formula is C89H98BBrCl2F5N13O11S3. The Labute approximate surface area is 744 Å². The van der Waals surface area contributed by atoms with Crippen LogP contribution >= 0.6 is 39.1 Å². The number of nitrogens with two attached hydrogens (primary N) is 1. The zero-order valence-corrected chi connectivity index (χ0v) is 77.0. The van der Waals surface area contributed by atoms with Crippen LogP contribution in [0.25, 0.3) is 55.0 Å². The lowest BCUT2D eigenvalue weighted by molar-refractivity contribution is -0.139. The Morgan fingerprint density at radius 1 is 0.504 bits per heavy atom. The van der Waals surface area contributed by atoms with Gasteiger partial charge in [0.15, 0.2) is 29.5 Å². The molecule has 0 radical (unpaired) electrons. The lowest BCUT2D eigenvalue weighted by atomic mass is 9.79. The van der Waals surface area contributed by atoms with Gasteiger partial charge in [0.1, 0.15) is 0 Å². The molecule has 3 N–H and O–H groups in total. The number of pyridine rings is 3. The second-order valence-electron chi connectivity index (χ2n) is 32.1. The molecule has 2 aliphatic carbocycles. The third-order valence-corrected chi connectivity index (χ3v) is 28.6. The predicted molar refractivity (Wildman–Crippen MR) is 481 cm³/mol. The van der Waals surface area contributed by atoms with Crippen molar-refractivity contribution in [1.29, 1.82) is 0 Å². The lowest BCUT2D eigenvalue weighted by Gasteiger charge is -2.32. The number of rotatable bonds is 19. The summed E-state index contributed by atoms with van der Waals surface area (Å²) in [6.45, 7) is 13.3. The van der Waals surface area contributed by atoms with E-state index in [-0.39, 0.29) is 48.8 Å². The average Bonchev–Trinajstić information content (AvgIpc) is 1.40. The molecule has 125 heavy (non-hydrogen) atoms. The fourth-order valence-electron chi connectivity index (χ4n) is 14.7. The topological polar surface area (TPSA) is 309 Å². The van der Waals surface area contributed by atoms with Crippen molar-refractivity contribution in [3.05, 3.63) is 230 Å². The van der Waals surface area contributed by atoms with Crippen LogP contribution in [0.4, 0.5) is 27.9 Å². The molecule has 12 aromatic rings. The van der Waals surface area contributed by atoms with Crippen LogP contribution in [0.1, 0.15) is 118 Å². The van der Waals surface area contributed by atoms with Gasteiger partial charge < -0.3 is 44.4 Å². The highest BCUT2D eigenvalue weighted by Crippen LogP contribution is 2.41. The quantitative estimate of drug-likeness (QED) is 0.0431. The summed E-state index contributed by atoms with van der Waals surface area (Å²) in [4.78, 5) is 41.2. The van der Waals surface area contributed by atoms with Gasteiger partial charge in [-0.05, 0) is 259 Å². The minimum absolute atomic E-state index is 0.0362. The molecule has 0 unspecified atom stereocenters. The first-order chi connectivity index (χ1) is 59.0. The van der Waals surface area contributed by atoms with Crippen molar-refractivity contribution in [2.75, 3.05) is 54.8 Å². The summed E-state index contributed by atoms with van der Waals surface area (Å²) in [7, 11) is 0.473. The maximum atomic E-state index is 13.4. The summed E-state index contributed by atoms with van der Waals surface area (Å²) in [5.74, 6) is 0.0177. The summed E-state index contributed by atoms with van der Waals surface area (Å²) in [5.41, 5.74) is 12.4. The largest absolute Gasteiger partial charge is 0.500 e. The second-order valence-corrected chi connectivity index (χ2v) is 39.7. The molecule has 3 fully saturated rings. The van der Waals surface area contributed by atoms with Crippen molar-refractivity contribution >= 4 is 120 Å². The molecule has 6 aromatic carbocycles. The molecule has 0 spiro atoms. The number of nitrogens with zero attached hydrogens (tertiary/aromatic N) is 11. The zero-order chi connectivity index (χ0) is 90.8. The highest BCUT2D eigenvalue weighted by atomic mass is 79.9. The highest BCUT2D eigenvalue weighted by molar-refractivity contribution is 9.10. The number of alkyl halides is 3. The number of aryl methyl sites for hydroxylation is 3. The van der Waals surface area contributed by atoms with Gasteiger partial charge in [-0.25, -0.2) is 70.1 Å². The van der Waals surface area contributed by atoms with E-state index in [4.69, 9.17) is 57.4 Å². The van der Waals surface area contributed by atoms with Gasteiger partial charge >= 0.3 is 25.5 Å². The van der Waals surface area contributed by atoms with Gasteiger partial charge in [0.2, 0.25) is 23.6 Å². The molecule has 3 aliphatic rings. The van der Waals surface area contributed by atoms with E-state index < -0.39 is 82.4 Å². The van der Waals surface area contributed by atoms with Gasteiger partial charge in [-0.3, -0.25) is 0 Å². The van der Waals surface area contributed by atoms with Crippen LogP contribution in [0, 0.1) is 32.9 Å². The number of aromatic nitrogens is 9. The van der Waals surface area contributed by atoms with E-state index in [9.17, 15) is 47.2 Å². The van der Waals surface area contributed by atoms with Crippen LogP contribution in [0.3, 0.4) is 0 Å². The molecule has 1 aliphatic heterocycles. The first-order valence-electron chi connectivity index (χ1n) is 39.9. The Hall–Kier alpha value is -9.59. The van der Waals surface area contributed by atoms with E-state index in [1.807, 2.05) is 97.1 Å². The zero-order valence-electron chi connectivity index (χ0n) is 71.5. The Morgan fingerprint density at radius 2 is 0.888 bits per heavy atom. The third kappa shape index (κ3) is 24.0. The Balaban J connectivity index is 0.000000162. The van der Waals surface area contributed by atoms with Gasteiger partial charge in [-0.1, -0.05) is 81.6 Å². The Bertz CT molecular complexity index is 6250. The molecule has 7 heterocycles. The Morgan fingerprint density at radius 3 is 1.33 bits per heavy atom. The SMILES string of the molecule is CN(C)C1CCC(N)CC1.COc1nc(CS(=O)(=O)c2ccccc2C(F)(F)F)ccc1B1OC(C)(C)C(C)(C)O1.COc1nc(CS(=O)(=O)c2ccccc2Cl)ccc1-c1cc(C)c2nc(F)ncc2c1.COc1nc(CS(=O)(=O)c2ccccc2Cl)ccc1-c1cc(C)c2nc(NC3CCC(N(C)C)CC3)ncc2c1.Cc1cc(Br)cc2cnc(F)nc12. The van der Waals surface area contributed by atoms with Crippen LogP contribution in [-0.2, 0) is 62.3 Å². The molecule has 36 heteroatoms. The molecule has 662 valence electrons. The maximum absolute atomic E-state index is 13.4. The average molecular weight is 1880 g/mol. The third-order valence-electron chi connectivity index (χ3n) is 22.1. The van der Waals surface area contributed by atoms with Crippen LogP contribution in [0.2, 0.25) is 10.0 Å². The van der Waals surface area contributed by atoms with Gasteiger partial charge in [-0.15, -0.1) is 0 Å². The minimum Gasteiger partial charge on any atom is -0.481 e.